The number of hydrogen-bond donors (Lipinski definition) is 1. The minimum Gasteiger partial charge on any atom is -0.465 e. The Balaban J connectivity index is 1.84. The van der Waals surface area contributed by atoms with E-state index in [-0.39, 0.29) is 11.9 Å². The maximum atomic E-state index is 12.3. The van der Waals surface area contributed by atoms with Crippen LogP contribution in [0.2, 0.25) is 5.02 Å². The molecule has 3 rings (SSSR count). The van der Waals surface area contributed by atoms with Crippen LogP contribution in [0, 0.1) is 0 Å². The first-order valence-corrected chi connectivity index (χ1v) is 7.76. The number of nitrogens with zero attached hydrogens (tertiary/aromatic N) is 2. The van der Waals surface area contributed by atoms with Gasteiger partial charge in [0.2, 0.25) is 5.91 Å². The zero-order valence-electron chi connectivity index (χ0n) is 13.0. The Bertz CT molecular complexity index is 836. The Kier molecular flexibility index (Phi) is 4.82. The number of imidazole rings is 1. The summed E-state index contributed by atoms with van der Waals surface area (Å²) in [5, 5.41) is 3.60. The molecule has 1 atom stereocenters. The molecule has 1 amide bonds. The van der Waals surface area contributed by atoms with E-state index in [1.807, 2.05) is 29.9 Å². The van der Waals surface area contributed by atoms with Crippen molar-refractivity contribution in [1.82, 2.24) is 14.9 Å². The highest BCUT2D eigenvalue weighted by molar-refractivity contribution is 6.30. The summed E-state index contributed by atoms with van der Waals surface area (Å²) in [7, 11) is 1.89. The van der Waals surface area contributed by atoms with Gasteiger partial charge in [0.1, 0.15) is 17.6 Å². The van der Waals surface area contributed by atoms with Gasteiger partial charge in [0.05, 0.1) is 6.26 Å². The summed E-state index contributed by atoms with van der Waals surface area (Å²) in [6.07, 6.45) is 8.14. The van der Waals surface area contributed by atoms with Crippen LogP contribution in [-0.4, -0.2) is 15.5 Å². The van der Waals surface area contributed by atoms with E-state index in [2.05, 4.69) is 10.3 Å². The minimum atomic E-state index is -0.379. The number of furan rings is 1. The van der Waals surface area contributed by atoms with Crippen LogP contribution in [0.25, 0.3) is 6.08 Å². The lowest BCUT2D eigenvalue weighted by Gasteiger charge is -2.18. The molecule has 0 radical (unpaired) electrons. The van der Waals surface area contributed by atoms with Crippen molar-refractivity contribution < 1.29 is 9.21 Å². The van der Waals surface area contributed by atoms with Crippen LogP contribution in [0.15, 0.2) is 65.5 Å². The highest BCUT2D eigenvalue weighted by Crippen LogP contribution is 2.22. The van der Waals surface area contributed by atoms with Gasteiger partial charge < -0.3 is 14.3 Å². The van der Waals surface area contributed by atoms with E-state index >= 15 is 0 Å². The van der Waals surface area contributed by atoms with Crippen molar-refractivity contribution in [2.24, 2.45) is 7.05 Å². The third kappa shape index (κ3) is 3.75. The van der Waals surface area contributed by atoms with Gasteiger partial charge in [0.25, 0.3) is 0 Å². The highest BCUT2D eigenvalue weighted by Gasteiger charge is 2.19. The largest absolute Gasteiger partial charge is 0.465 e. The van der Waals surface area contributed by atoms with Crippen molar-refractivity contribution in [3.05, 3.63) is 83.3 Å². The molecule has 6 heteroatoms. The summed E-state index contributed by atoms with van der Waals surface area (Å²) in [5.74, 6) is 1.11. The molecule has 0 aliphatic heterocycles. The lowest BCUT2D eigenvalue weighted by atomic mass is 10.1. The van der Waals surface area contributed by atoms with Crippen LogP contribution in [0.5, 0.6) is 0 Å². The molecule has 24 heavy (non-hydrogen) atoms. The molecule has 2 heterocycles. The minimum absolute atomic E-state index is 0.241. The number of halogens is 1. The number of nitrogens with one attached hydrogen (secondary N) is 1. The van der Waals surface area contributed by atoms with Crippen molar-refractivity contribution in [3.8, 4) is 0 Å². The number of aryl methyl sites for hydroxylation is 1. The Morgan fingerprint density at radius 2 is 2.12 bits per heavy atom. The molecule has 0 spiro atoms. The first-order chi connectivity index (χ1) is 11.6. The molecule has 1 aromatic carbocycles. The normalized spacial score (nSPS) is 12.4. The third-order valence-corrected chi connectivity index (χ3v) is 3.80. The maximum absolute atomic E-state index is 12.3. The highest BCUT2D eigenvalue weighted by atomic mass is 35.5. The Morgan fingerprint density at radius 1 is 1.33 bits per heavy atom. The predicted molar refractivity (Wildman–Crippen MR) is 92.4 cm³/mol. The van der Waals surface area contributed by atoms with Crippen molar-refractivity contribution in [1.29, 1.82) is 0 Å². The molecular formula is C18H16ClN3O2. The van der Waals surface area contributed by atoms with Crippen molar-refractivity contribution >= 4 is 23.6 Å². The van der Waals surface area contributed by atoms with Crippen LogP contribution in [0.4, 0.5) is 0 Å². The van der Waals surface area contributed by atoms with Crippen molar-refractivity contribution in [3.63, 3.8) is 0 Å². The van der Waals surface area contributed by atoms with E-state index in [0.717, 1.165) is 11.4 Å². The van der Waals surface area contributed by atoms with Gasteiger partial charge >= 0.3 is 0 Å². The number of amides is 1. The van der Waals surface area contributed by atoms with Gasteiger partial charge in [-0.1, -0.05) is 23.7 Å². The lowest BCUT2D eigenvalue weighted by molar-refractivity contribution is -0.117. The summed E-state index contributed by atoms with van der Waals surface area (Å²) >= 11 is 5.96. The molecule has 122 valence electrons. The van der Waals surface area contributed by atoms with Crippen molar-refractivity contribution in [2.75, 3.05) is 0 Å². The fourth-order valence-electron chi connectivity index (χ4n) is 2.34. The quantitative estimate of drug-likeness (QED) is 0.721. The van der Waals surface area contributed by atoms with Gasteiger partial charge in [-0.3, -0.25) is 4.79 Å². The van der Waals surface area contributed by atoms with Gasteiger partial charge in [-0.25, -0.2) is 4.98 Å². The number of benzene rings is 1. The number of rotatable bonds is 5. The van der Waals surface area contributed by atoms with Crippen LogP contribution in [0.3, 0.4) is 0 Å². The zero-order chi connectivity index (χ0) is 16.9. The van der Waals surface area contributed by atoms with E-state index in [0.29, 0.717) is 10.8 Å². The van der Waals surface area contributed by atoms with Crippen LogP contribution in [0.1, 0.15) is 23.2 Å². The summed E-state index contributed by atoms with van der Waals surface area (Å²) in [6.45, 7) is 0. The Morgan fingerprint density at radius 3 is 2.75 bits per heavy atom. The summed E-state index contributed by atoms with van der Waals surface area (Å²) < 4.78 is 7.05. The van der Waals surface area contributed by atoms with Crippen molar-refractivity contribution in [2.45, 2.75) is 6.04 Å². The number of aromatic nitrogens is 2. The molecule has 3 aromatic rings. The topological polar surface area (TPSA) is 60.1 Å². The second-order valence-electron chi connectivity index (χ2n) is 5.24. The molecule has 0 fully saturated rings. The molecule has 1 N–H and O–H groups in total. The van der Waals surface area contributed by atoms with Gasteiger partial charge in [-0.05, 0) is 35.9 Å². The van der Waals surface area contributed by atoms with Crippen LogP contribution < -0.4 is 5.32 Å². The smallest absolute Gasteiger partial charge is 0.244 e. The Labute approximate surface area is 144 Å². The molecule has 0 saturated carbocycles. The molecule has 0 bridgehead atoms. The predicted octanol–water partition coefficient (Wildman–Crippen LogP) is 3.59. The summed E-state index contributed by atoms with van der Waals surface area (Å²) in [5.41, 5.74) is 0.897. The summed E-state index contributed by atoms with van der Waals surface area (Å²) in [4.78, 5) is 16.6. The first kappa shape index (κ1) is 16.1. The molecule has 2 aromatic heterocycles. The SMILES string of the molecule is Cn1ccnc1[C@H](NC(=O)/C=C/c1ccco1)c1ccc(Cl)cc1. The zero-order valence-corrected chi connectivity index (χ0v) is 13.8. The van der Waals surface area contributed by atoms with Crippen LogP contribution in [-0.2, 0) is 11.8 Å². The number of carbonyl (C=O) groups is 1. The van der Waals surface area contributed by atoms with Gasteiger partial charge in [-0.2, -0.15) is 0 Å². The van der Waals surface area contributed by atoms with Crippen LogP contribution >= 0.6 is 11.6 Å². The van der Waals surface area contributed by atoms with E-state index in [1.165, 1.54) is 6.08 Å². The average molecular weight is 342 g/mol. The molecule has 5 nitrogen and oxygen atoms in total. The lowest BCUT2D eigenvalue weighted by Crippen LogP contribution is -2.29. The monoisotopic (exact) mass is 341 g/mol. The van der Waals surface area contributed by atoms with Gasteiger partial charge in [0.15, 0.2) is 0 Å². The van der Waals surface area contributed by atoms with Gasteiger partial charge in [0, 0.05) is 30.5 Å². The van der Waals surface area contributed by atoms with E-state index in [1.54, 1.807) is 42.8 Å². The Hall–Kier alpha value is -2.79. The number of hydrogen-bond acceptors (Lipinski definition) is 3. The molecule has 0 unspecified atom stereocenters. The van der Waals surface area contributed by atoms with E-state index in [9.17, 15) is 4.79 Å². The summed E-state index contributed by atoms with van der Waals surface area (Å²) in [6, 6.07) is 10.5. The second kappa shape index (κ2) is 7.19. The fraction of sp³-hybridized carbons (Fsp3) is 0.111. The third-order valence-electron chi connectivity index (χ3n) is 3.55. The van der Waals surface area contributed by atoms with Gasteiger partial charge in [-0.15, -0.1) is 0 Å². The second-order valence-corrected chi connectivity index (χ2v) is 5.67. The maximum Gasteiger partial charge on any atom is 0.244 e. The average Bonchev–Trinajstić information content (AvgIpc) is 3.23. The number of carbonyl (C=O) groups excluding carboxylic acids is 1. The fourth-order valence-corrected chi connectivity index (χ4v) is 2.47. The first-order valence-electron chi connectivity index (χ1n) is 7.38. The molecule has 0 aliphatic carbocycles. The molecule has 0 saturated heterocycles. The standard InChI is InChI=1S/C18H16ClN3O2/c1-22-11-10-20-18(22)17(13-4-6-14(19)7-5-13)21-16(23)9-8-15-3-2-12-24-15/h2-12,17H,1H3,(H,21,23)/b9-8+/t17-/m1/s1. The molecule has 0 aliphatic rings. The van der Waals surface area contributed by atoms with E-state index < -0.39 is 0 Å². The van der Waals surface area contributed by atoms with E-state index in [4.69, 9.17) is 16.0 Å². The molecular weight excluding hydrogens is 326 g/mol.